The maximum atomic E-state index is 12.8. The Kier molecular flexibility index (Phi) is 5.28. The van der Waals surface area contributed by atoms with Gasteiger partial charge in [0.2, 0.25) is 5.88 Å². The zero-order valence-electron chi connectivity index (χ0n) is 10.1. The Morgan fingerprint density at radius 1 is 1.29 bits per heavy atom. The predicted octanol–water partition coefficient (Wildman–Crippen LogP) is 3.78. The Bertz CT molecular complexity index is 543. The standard InChI is InChI=1S/C10H6F6INO3/c1-2-20-8(19)5-3-4(17)6(9(11,12)13)7(18-5)21-10(14,15)16/h3H,2H2,1H3. The van der Waals surface area contributed by atoms with E-state index in [-0.39, 0.29) is 6.61 Å². The molecule has 0 aliphatic heterocycles. The van der Waals surface area contributed by atoms with Crippen molar-refractivity contribution < 1.29 is 40.6 Å². The van der Waals surface area contributed by atoms with Crippen LogP contribution in [0.15, 0.2) is 6.07 Å². The zero-order chi connectivity index (χ0) is 16.4. The molecule has 0 radical (unpaired) electrons. The molecule has 0 aromatic carbocycles. The van der Waals surface area contributed by atoms with Crippen molar-refractivity contribution in [2.45, 2.75) is 19.5 Å². The van der Waals surface area contributed by atoms with Gasteiger partial charge in [-0.05, 0) is 35.6 Å². The first-order valence-corrected chi connectivity index (χ1v) is 6.24. The van der Waals surface area contributed by atoms with Gasteiger partial charge in [0.25, 0.3) is 0 Å². The molecule has 0 bridgehead atoms. The van der Waals surface area contributed by atoms with Crippen LogP contribution in [-0.4, -0.2) is 23.9 Å². The highest BCUT2D eigenvalue weighted by Gasteiger charge is 2.42. The molecule has 21 heavy (non-hydrogen) atoms. The van der Waals surface area contributed by atoms with Crippen molar-refractivity contribution in [2.24, 2.45) is 0 Å². The van der Waals surface area contributed by atoms with E-state index in [1.54, 1.807) is 0 Å². The normalized spacial score (nSPS) is 12.2. The number of hydrogen-bond donors (Lipinski definition) is 0. The van der Waals surface area contributed by atoms with Crippen molar-refractivity contribution in [3.8, 4) is 5.88 Å². The summed E-state index contributed by atoms with van der Waals surface area (Å²) in [5.41, 5.74) is -2.43. The summed E-state index contributed by atoms with van der Waals surface area (Å²) in [6, 6.07) is 0.671. The number of hydrogen-bond acceptors (Lipinski definition) is 4. The minimum atomic E-state index is -5.39. The molecule has 0 amide bonds. The molecular weight excluding hydrogens is 423 g/mol. The number of nitrogens with zero attached hydrogens (tertiary/aromatic N) is 1. The van der Waals surface area contributed by atoms with Crippen molar-refractivity contribution in [3.63, 3.8) is 0 Å². The lowest BCUT2D eigenvalue weighted by molar-refractivity contribution is -0.278. The highest BCUT2D eigenvalue weighted by molar-refractivity contribution is 14.1. The summed E-state index contributed by atoms with van der Waals surface area (Å²) in [7, 11) is 0. The second kappa shape index (κ2) is 6.23. The van der Waals surface area contributed by atoms with Gasteiger partial charge in [0.1, 0.15) is 5.56 Å². The summed E-state index contributed by atoms with van der Waals surface area (Å²) >= 11 is 1.14. The van der Waals surface area contributed by atoms with Crippen LogP contribution < -0.4 is 4.74 Å². The van der Waals surface area contributed by atoms with E-state index in [1.165, 1.54) is 6.92 Å². The molecule has 0 fully saturated rings. The Balaban J connectivity index is 3.42. The zero-order valence-corrected chi connectivity index (χ0v) is 12.3. The van der Waals surface area contributed by atoms with Gasteiger partial charge >= 0.3 is 18.5 Å². The summed E-state index contributed by atoms with van der Waals surface area (Å²) in [4.78, 5) is 14.3. The third kappa shape index (κ3) is 4.89. The molecule has 0 atom stereocenters. The fraction of sp³-hybridized carbons (Fsp3) is 0.400. The highest BCUT2D eigenvalue weighted by atomic mass is 127. The van der Waals surface area contributed by atoms with E-state index in [0.717, 1.165) is 22.6 Å². The van der Waals surface area contributed by atoms with Gasteiger partial charge < -0.3 is 9.47 Å². The number of pyridine rings is 1. The van der Waals surface area contributed by atoms with Gasteiger partial charge in [-0.25, -0.2) is 9.78 Å². The van der Waals surface area contributed by atoms with Gasteiger partial charge in [-0.1, -0.05) is 0 Å². The molecule has 0 aliphatic rings. The minimum absolute atomic E-state index is 0.117. The van der Waals surface area contributed by atoms with Crippen LogP contribution in [0.25, 0.3) is 0 Å². The molecule has 11 heteroatoms. The van der Waals surface area contributed by atoms with Crippen LogP contribution in [0.2, 0.25) is 0 Å². The van der Waals surface area contributed by atoms with Crippen molar-refractivity contribution in [1.82, 2.24) is 4.98 Å². The fourth-order valence-electron chi connectivity index (χ4n) is 1.24. The number of rotatable bonds is 3. The van der Waals surface area contributed by atoms with Gasteiger partial charge in [-0.15, -0.1) is 13.2 Å². The molecule has 1 aromatic rings. The first kappa shape index (κ1) is 17.8. The summed E-state index contributed by atoms with van der Waals surface area (Å²) in [6.07, 6.45) is -10.5. The van der Waals surface area contributed by atoms with Crippen LogP contribution in [0.1, 0.15) is 23.0 Å². The number of aromatic nitrogens is 1. The number of carbonyl (C=O) groups excluding carboxylic acids is 1. The molecule has 0 saturated heterocycles. The summed E-state index contributed by atoms with van der Waals surface area (Å²) in [5, 5.41) is 0. The molecule has 1 rings (SSSR count). The summed E-state index contributed by atoms with van der Waals surface area (Å²) < 4.78 is 81.9. The molecule has 4 nitrogen and oxygen atoms in total. The smallest absolute Gasteiger partial charge is 0.461 e. The van der Waals surface area contributed by atoms with Gasteiger partial charge in [-0.3, -0.25) is 0 Å². The fourth-order valence-corrected chi connectivity index (χ4v) is 2.07. The van der Waals surface area contributed by atoms with Crippen LogP contribution in [0.5, 0.6) is 5.88 Å². The molecule has 0 aliphatic carbocycles. The maximum Gasteiger partial charge on any atom is 0.574 e. The predicted molar refractivity (Wildman–Crippen MR) is 64.6 cm³/mol. The molecule has 0 spiro atoms. The largest absolute Gasteiger partial charge is 0.574 e. The number of halogens is 7. The second-order valence-electron chi connectivity index (χ2n) is 3.44. The lowest BCUT2D eigenvalue weighted by Gasteiger charge is -2.16. The second-order valence-corrected chi connectivity index (χ2v) is 4.60. The Labute approximate surface area is 127 Å². The minimum Gasteiger partial charge on any atom is -0.461 e. The van der Waals surface area contributed by atoms with Crippen molar-refractivity contribution >= 4 is 28.6 Å². The topological polar surface area (TPSA) is 48.4 Å². The lowest BCUT2D eigenvalue weighted by Crippen LogP contribution is -2.23. The van der Waals surface area contributed by atoms with E-state index >= 15 is 0 Å². The number of ether oxygens (including phenoxy) is 2. The quantitative estimate of drug-likeness (QED) is 0.417. The van der Waals surface area contributed by atoms with Crippen molar-refractivity contribution in [3.05, 3.63) is 20.9 Å². The van der Waals surface area contributed by atoms with Crippen LogP contribution >= 0.6 is 22.6 Å². The van der Waals surface area contributed by atoms with E-state index in [2.05, 4.69) is 14.5 Å². The molecular formula is C10H6F6INO3. The van der Waals surface area contributed by atoms with Crippen LogP contribution in [0.4, 0.5) is 26.3 Å². The summed E-state index contributed by atoms with van der Waals surface area (Å²) in [5.74, 6) is -2.90. The van der Waals surface area contributed by atoms with Crippen molar-refractivity contribution in [1.29, 1.82) is 0 Å². The van der Waals surface area contributed by atoms with Gasteiger partial charge in [-0.2, -0.15) is 13.2 Å². The molecule has 118 valence electrons. The van der Waals surface area contributed by atoms with E-state index in [0.29, 0.717) is 6.07 Å². The average molecular weight is 429 g/mol. The SMILES string of the molecule is CCOC(=O)c1cc(I)c(C(F)(F)F)c(OC(F)(F)F)n1. The number of alkyl halides is 6. The van der Waals surface area contributed by atoms with Crippen LogP contribution in [-0.2, 0) is 10.9 Å². The highest BCUT2D eigenvalue weighted by Crippen LogP contribution is 2.40. The third-order valence-corrected chi connectivity index (χ3v) is 2.77. The molecule has 0 unspecified atom stereocenters. The first-order valence-electron chi connectivity index (χ1n) is 5.16. The first-order chi connectivity index (χ1) is 9.45. The molecule has 0 N–H and O–H groups in total. The van der Waals surface area contributed by atoms with Gasteiger partial charge in [0, 0.05) is 3.57 Å². The van der Waals surface area contributed by atoms with E-state index in [9.17, 15) is 31.1 Å². The molecule has 1 aromatic heterocycles. The Hall–Kier alpha value is -1.27. The van der Waals surface area contributed by atoms with Crippen LogP contribution in [0.3, 0.4) is 0 Å². The van der Waals surface area contributed by atoms with E-state index < -0.39 is 39.2 Å². The van der Waals surface area contributed by atoms with Gasteiger partial charge in [0.05, 0.1) is 6.61 Å². The average Bonchev–Trinajstić information content (AvgIpc) is 2.24. The Morgan fingerprint density at radius 3 is 2.29 bits per heavy atom. The molecule has 0 saturated carbocycles. The lowest BCUT2D eigenvalue weighted by atomic mass is 10.2. The monoisotopic (exact) mass is 429 g/mol. The van der Waals surface area contributed by atoms with Gasteiger partial charge in [0.15, 0.2) is 5.69 Å². The number of carbonyl (C=O) groups is 1. The van der Waals surface area contributed by atoms with Crippen molar-refractivity contribution in [2.75, 3.05) is 6.61 Å². The third-order valence-electron chi connectivity index (χ3n) is 1.92. The number of esters is 1. The Morgan fingerprint density at radius 2 is 1.86 bits per heavy atom. The van der Waals surface area contributed by atoms with E-state index in [4.69, 9.17) is 0 Å². The van der Waals surface area contributed by atoms with E-state index in [1.807, 2.05) is 0 Å². The summed E-state index contributed by atoms with van der Waals surface area (Å²) in [6.45, 7) is 1.30. The maximum absolute atomic E-state index is 12.8. The van der Waals surface area contributed by atoms with Crippen LogP contribution in [0, 0.1) is 3.57 Å². The molecule has 1 heterocycles.